The predicted molar refractivity (Wildman–Crippen MR) is 33.2 cm³/mol. The van der Waals surface area contributed by atoms with Gasteiger partial charge in [0.2, 0.25) is 0 Å². The fraction of sp³-hybridized carbons (Fsp3) is 0. The van der Waals surface area contributed by atoms with Gasteiger partial charge in [-0.25, -0.2) is 9.13 Å². The van der Waals surface area contributed by atoms with Crippen LogP contribution in [0.25, 0.3) is 0 Å². The molecule has 0 atom stereocenters. The Balaban J connectivity index is -0.0000000533. The first kappa shape index (κ1) is 19.8. The van der Waals surface area contributed by atoms with Gasteiger partial charge in [-0.15, -0.1) is 0 Å². The molecule has 0 amide bonds. The van der Waals surface area contributed by atoms with Crippen LogP contribution in [0.5, 0.6) is 0 Å². The Morgan fingerprint density at radius 3 is 1.18 bits per heavy atom. The molecule has 0 unspecified atom stereocenters. The smallest absolute Gasteiger partial charge is 1.00 e. The number of phosphoric acid groups is 2. The minimum absolute atomic E-state index is 0. The molecule has 7 nitrogen and oxygen atoms in total. The summed E-state index contributed by atoms with van der Waals surface area (Å²) >= 11 is 0. The third-order valence-electron chi connectivity index (χ3n) is 0.213. The van der Waals surface area contributed by atoms with Crippen molar-refractivity contribution in [2.75, 3.05) is 0 Å². The third kappa shape index (κ3) is 19.7. The summed E-state index contributed by atoms with van der Waals surface area (Å²) in [6.45, 7) is 0. The molecular formula is H6EuO7P2Sr. The van der Waals surface area contributed by atoms with Crippen LogP contribution in [0.15, 0.2) is 0 Å². The Morgan fingerprint density at radius 2 is 1.18 bits per heavy atom. The Morgan fingerprint density at radius 1 is 1.00 bits per heavy atom. The molecule has 0 aromatic carbocycles. The molecule has 0 saturated heterocycles. The molecule has 0 saturated carbocycles. The van der Waals surface area contributed by atoms with Gasteiger partial charge in [0, 0.05) is 49.4 Å². The standard InChI is InChI=1S/Eu.H4O7P2.Sr.2H/c;1-8(2,3)7-9(4,5)6;;;/h;(H2,1,2,3)(H2,4,5,6);;;/q;;+2;2*-1. The van der Waals surface area contributed by atoms with Gasteiger partial charge in [0.05, 0.1) is 0 Å². The average molecular weight is 420 g/mol. The molecule has 67 valence electrons. The molecule has 0 heterocycles. The van der Waals surface area contributed by atoms with E-state index in [0.717, 1.165) is 0 Å². The topological polar surface area (TPSA) is 124 Å². The second-order valence-corrected chi connectivity index (χ2v) is 3.68. The summed E-state index contributed by atoms with van der Waals surface area (Å²) in [6, 6.07) is 0. The summed E-state index contributed by atoms with van der Waals surface area (Å²) in [5.74, 6) is 0. The number of rotatable bonds is 2. The molecule has 0 aromatic rings. The van der Waals surface area contributed by atoms with E-state index >= 15 is 0 Å². The molecule has 0 fully saturated rings. The van der Waals surface area contributed by atoms with Gasteiger partial charge in [-0.3, -0.25) is 0 Å². The first-order valence-electron chi connectivity index (χ1n) is 1.53. The van der Waals surface area contributed by atoms with Crippen LogP contribution in [0, 0.1) is 49.4 Å². The van der Waals surface area contributed by atoms with Gasteiger partial charge < -0.3 is 22.4 Å². The van der Waals surface area contributed by atoms with Gasteiger partial charge in [0.15, 0.2) is 0 Å². The van der Waals surface area contributed by atoms with Crippen molar-refractivity contribution in [2.24, 2.45) is 0 Å². The zero-order valence-corrected chi connectivity index (χ0v) is 12.7. The second-order valence-electron chi connectivity index (χ2n) is 1.06. The van der Waals surface area contributed by atoms with E-state index in [2.05, 4.69) is 4.31 Å². The van der Waals surface area contributed by atoms with E-state index in [1.54, 1.807) is 0 Å². The van der Waals surface area contributed by atoms with E-state index in [1.807, 2.05) is 0 Å². The summed E-state index contributed by atoms with van der Waals surface area (Å²) in [7, 11) is -10.1. The summed E-state index contributed by atoms with van der Waals surface area (Å²) in [6.07, 6.45) is 0. The third-order valence-corrected chi connectivity index (χ3v) is 1.91. The molecule has 0 aliphatic carbocycles. The maximum Gasteiger partial charge on any atom is 2.00 e. The van der Waals surface area contributed by atoms with Crippen LogP contribution in [-0.4, -0.2) is 65.1 Å². The van der Waals surface area contributed by atoms with Crippen LogP contribution >= 0.6 is 15.6 Å². The van der Waals surface area contributed by atoms with E-state index < -0.39 is 15.6 Å². The number of hydrogen-bond donors (Lipinski definition) is 4. The van der Waals surface area contributed by atoms with Crippen molar-refractivity contribution in [1.82, 2.24) is 0 Å². The molecular weight excluding hydrogens is 414 g/mol. The van der Waals surface area contributed by atoms with Gasteiger partial charge in [-0.1, -0.05) is 0 Å². The fourth-order valence-electron chi connectivity index (χ4n) is 0.139. The molecule has 1 radical (unpaired) electrons. The average Bonchev–Trinajstić information content (AvgIpc) is 1.14. The SMILES string of the molecule is O=P(O)(O)OP(=O)(O)O.[Eu].[H-].[H-].[Sr+2]. The summed E-state index contributed by atoms with van der Waals surface area (Å²) in [4.78, 5) is 31.0. The van der Waals surface area contributed by atoms with Gasteiger partial charge in [0.1, 0.15) is 0 Å². The first-order valence-corrected chi connectivity index (χ1v) is 4.59. The van der Waals surface area contributed by atoms with Crippen molar-refractivity contribution in [3.63, 3.8) is 0 Å². The molecule has 11 heteroatoms. The van der Waals surface area contributed by atoms with Crippen molar-refractivity contribution < 1.29 is 85.2 Å². The Bertz CT molecular complexity index is 165. The normalized spacial score (nSPS) is 11.3. The molecule has 0 rings (SSSR count). The van der Waals surface area contributed by atoms with Gasteiger partial charge >= 0.3 is 61.1 Å². The Labute approximate surface area is 143 Å². The summed E-state index contributed by atoms with van der Waals surface area (Å²) in [5.41, 5.74) is 0. The Kier molecular flexibility index (Phi) is 13.7. The van der Waals surface area contributed by atoms with E-state index in [0.29, 0.717) is 0 Å². The summed E-state index contributed by atoms with van der Waals surface area (Å²) in [5, 5.41) is 0. The molecule has 0 spiro atoms. The molecule has 4 N–H and O–H groups in total. The van der Waals surface area contributed by atoms with Crippen molar-refractivity contribution in [3.8, 4) is 0 Å². The van der Waals surface area contributed by atoms with Gasteiger partial charge in [0.25, 0.3) is 0 Å². The van der Waals surface area contributed by atoms with Crippen molar-refractivity contribution >= 4 is 61.1 Å². The predicted octanol–water partition coefficient (Wildman–Crippen LogP) is -0.967. The van der Waals surface area contributed by atoms with Crippen molar-refractivity contribution in [3.05, 3.63) is 0 Å². The van der Waals surface area contributed by atoms with E-state index in [-0.39, 0.29) is 97.7 Å². The second kappa shape index (κ2) is 7.60. The van der Waals surface area contributed by atoms with Gasteiger partial charge in [-0.2, -0.15) is 4.31 Å². The number of hydrogen-bond acceptors (Lipinski definition) is 3. The molecule has 11 heavy (non-hydrogen) atoms. The maximum absolute atomic E-state index is 9.63. The zero-order valence-electron chi connectivity index (χ0n) is 6.99. The Hall–Kier alpha value is 3.32. The largest absolute Gasteiger partial charge is 2.00 e. The monoisotopic (exact) mass is 421 g/mol. The first-order chi connectivity index (χ1) is 3.71. The minimum Gasteiger partial charge on any atom is -1.00 e. The summed E-state index contributed by atoms with van der Waals surface area (Å²) < 4.78 is 22.2. The molecule has 0 aromatic heterocycles. The van der Waals surface area contributed by atoms with E-state index in [4.69, 9.17) is 19.6 Å². The molecule has 0 bridgehead atoms. The fourth-order valence-corrected chi connectivity index (χ4v) is 1.25. The van der Waals surface area contributed by atoms with Crippen molar-refractivity contribution in [2.45, 2.75) is 0 Å². The van der Waals surface area contributed by atoms with Gasteiger partial charge in [-0.05, 0) is 0 Å². The minimum atomic E-state index is -5.05. The van der Waals surface area contributed by atoms with Crippen LogP contribution < -0.4 is 0 Å². The van der Waals surface area contributed by atoms with Crippen molar-refractivity contribution in [1.29, 1.82) is 0 Å². The quantitative estimate of drug-likeness (QED) is 0.335. The van der Waals surface area contributed by atoms with Crippen LogP contribution in [0.3, 0.4) is 0 Å². The van der Waals surface area contributed by atoms with Crippen LogP contribution in [0.2, 0.25) is 0 Å². The van der Waals surface area contributed by atoms with Crippen LogP contribution in [0.4, 0.5) is 0 Å². The van der Waals surface area contributed by atoms with Crippen LogP contribution in [0.1, 0.15) is 2.85 Å². The molecule has 0 aliphatic heterocycles. The van der Waals surface area contributed by atoms with E-state index in [1.165, 1.54) is 0 Å². The maximum atomic E-state index is 9.63. The van der Waals surface area contributed by atoms with Crippen LogP contribution in [-0.2, 0) is 13.4 Å². The molecule has 0 aliphatic rings. The van der Waals surface area contributed by atoms with E-state index in [9.17, 15) is 9.13 Å². The zero-order chi connectivity index (χ0) is 7.71.